The molecule has 3 aromatic rings. The highest BCUT2D eigenvalue weighted by Crippen LogP contribution is 2.50. The van der Waals surface area contributed by atoms with Gasteiger partial charge in [-0.2, -0.15) is 13.2 Å². The molecule has 1 amide bonds. The molecule has 12 heteroatoms. The van der Waals surface area contributed by atoms with Gasteiger partial charge in [0, 0.05) is 24.0 Å². The Labute approximate surface area is 203 Å². The Kier molecular flexibility index (Phi) is 6.87. The van der Waals surface area contributed by atoms with Crippen molar-refractivity contribution in [3.63, 3.8) is 0 Å². The van der Waals surface area contributed by atoms with Crippen molar-refractivity contribution in [3.8, 4) is 0 Å². The van der Waals surface area contributed by atoms with Crippen LogP contribution in [0.5, 0.6) is 0 Å². The molecule has 0 unspecified atom stereocenters. The van der Waals surface area contributed by atoms with Crippen LogP contribution in [-0.4, -0.2) is 51.5 Å². The van der Waals surface area contributed by atoms with E-state index in [0.717, 1.165) is 15.9 Å². The first-order valence-electron chi connectivity index (χ1n) is 11.1. The molecule has 2 atom stereocenters. The number of halogens is 4. The van der Waals surface area contributed by atoms with E-state index >= 15 is 0 Å². The van der Waals surface area contributed by atoms with Gasteiger partial charge in [0.2, 0.25) is 0 Å². The standard InChI is InChI=1S/C23H25F4N5O2S/c1-12(2)31-17-8-20(32-14-5-6-16-18(7-14)35-11-30-16)28-9-15(17)21(33)29-10-19(24)22(34,13-3-4-13)23(25,26)27/h5-9,11-13,19,34H,3-4,10H2,1-2H3,(H,29,33)(H2,28,31,32)/t19-,22-/m1/s1. The summed E-state index contributed by atoms with van der Waals surface area (Å²) in [7, 11) is 0. The van der Waals surface area contributed by atoms with Gasteiger partial charge in [0.25, 0.3) is 5.91 Å². The number of carbonyl (C=O) groups is 1. The van der Waals surface area contributed by atoms with Gasteiger partial charge in [-0.25, -0.2) is 14.4 Å². The fraction of sp³-hybridized carbons (Fsp3) is 0.435. The monoisotopic (exact) mass is 511 g/mol. The molecule has 0 aliphatic heterocycles. The minimum atomic E-state index is -5.14. The third kappa shape index (κ3) is 5.32. The molecule has 2 heterocycles. The normalized spacial score (nSPS) is 16.7. The average Bonchev–Trinajstić information content (AvgIpc) is 3.53. The first kappa shape index (κ1) is 25.1. The van der Waals surface area contributed by atoms with Crippen molar-refractivity contribution in [2.24, 2.45) is 5.92 Å². The number of benzene rings is 1. The molecule has 4 N–H and O–H groups in total. The van der Waals surface area contributed by atoms with E-state index in [9.17, 15) is 27.5 Å². The number of hydrogen-bond acceptors (Lipinski definition) is 7. The second-order valence-corrected chi connectivity index (χ2v) is 9.74. The number of nitrogens with one attached hydrogen (secondary N) is 3. The van der Waals surface area contributed by atoms with Crippen molar-refractivity contribution in [2.75, 3.05) is 17.2 Å². The van der Waals surface area contributed by atoms with E-state index in [-0.39, 0.29) is 24.4 Å². The van der Waals surface area contributed by atoms with E-state index in [4.69, 9.17) is 0 Å². The van der Waals surface area contributed by atoms with Gasteiger partial charge in [-0.1, -0.05) is 0 Å². The van der Waals surface area contributed by atoms with E-state index < -0.39 is 36.3 Å². The van der Waals surface area contributed by atoms with Crippen molar-refractivity contribution in [1.82, 2.24) is 15.3 Å². The van der Waals surface area contributed by atoms with Gasteiger partial charge in [-0.15, -0.1) is 11.3 Å². The van der Waals surface area contributed by atoms with Crippen LogP contribution < -0.4 is 16.0 Å². The Morgan fingerprint density at radius 3 is 2.63 bits per heavy atom. The molecule has 1 fully saturated rings. The van der Waals surface area contributed by atoms with Gasteiger partial charge < -0.3 is 21.1 Å². The van der Waals surface area contributed by atoms with Crippen molar-refractivity contribution in [2.45, 2.75) is 50.7 Å². The summed E-state index contributed by atoms with van der Waals surface area (Å²) in [5.41, 5.74) is 0.299. The SMILES string of the molecule is CC(C)Nc1cc(Nc2ccc3ncsc3c2)ncc1C(=O)NC[C@@H](F)[C@](O)(C1CC1)C(F)(F)F. The van der Waals surface area contributed by atoms with Crippen molar-refractivity contribution in [3.05, 3.63) is 41.5 Å². The molecule has 2 aromatic heterocycles. The maximum atomic E-state index is 14.6. The first-order valence-corrected chi connectivity index (χ1v) is 11.9. The summed E-state index contributed by atoms with van der Waals surface area (Å²) in [5.74, 6) is -1.58. The molecule has 4 rings (SSSR count). The molecule has 0 radical (unpaired) electrons. The van der Waals surface area contributed by atoms with Crippen molar-refractivity contribution >= 4 is 44.7 Å². The van der Waals surface area contributed by atoms with Crippen LogP contribution in [-0.2, 0) is 0 Å². The van der Waals surface area contributed by atoms with Crippen LogP contribution in [0.2, 0.25) is 0 Å². The van der Waals surface area contributed by atoms with Gasteiger partial charge in [-0.05, 0) is 50.8 Å². The van der Waals surface area contributed by atoms with E-state index in [1.165, 1.54) is 17.5 Å². The Morgan fingerprint density at radius 2 is 1.97 bits per heavy atom. The number of pyridine rings is 1. The predicted octanol–water partition coefficient (Wildman–Crippen LogP) is 5.03. The quantitative estimate of drug-likeness (QED) is 0.301. The highest BCUT2D eigenvalue weighted by Gasteiger charge is 2.66. The highest BCUT2D eigenvalue weighted by molar-refractivity contribution is 7.16. The largest absolute Gasteiger partial charge is 0.420 e. The molecule has 1 aliphatic carbocycles. The van der Waals surface area contributed by atoms with Crippen LogP contribution in [0, 0.1) is 5.92 Å². The molecule has 188 valence electrons. The first-order chi connectivity index (χ1) is 16.5. The van der Waals surface area contributed by atoms with Crippen LogP contribution in [0.25, 0.3) is 10.2 Å². The number of fused-ring (bicyclic) bond motifs is 1. The number of thiazole rings is 1. The summed E-state index contributed by atoms with van der Waals surface area (Å²) in [6.07, 6.45) is -6.41. The minimum absolute atomic E-state index is 0.0383. The van der Waals surface area contributed by atoms with Gasteiger partial charge in [0.1, 0.15) is 5.82 Å². The van der Waals surface area contributed by atoms with Crippen LogP contribution in [0.3, 0.4) is 0 Å². The van der Waals surface area contributed by atoms with E-state index in [1.54, 1.807) is 11.6 Å². The number of alkyl halides is 4. The van der Waals surface area contributed by atoms with E-state index in [0.29, 0.717) is 11.5 Å². The van der Waals surface area contributed by atoms with E-state index in [1.807, 2.05) is 32.0 Å². The molecule has 0 saturated heterocycles. The number of anilines is 3. The minimum Gasteiger partial charge on any atom is -0.382 e. The Morgan fingerprint density at radius 1 is 1.23 bits per heavy atom. The summed E-state index contributed by atoms with van der Waals surface area (Å²) in [5, 5.41) is 18.5. The molecule has 0 spiro atoms. The van der Waals surface area contributed by atoms with Crippen LogP contribution in [0.1, 0.15) is 37.0 Å². The zero-order chi connectivity index (χ0) is 25.4. The lowest BCUT2D eigenvalue weighted by Gasteiger charge is -2.33. The van der Waals surface area contributed by atoms with Crippen LogP contribution >= 0.6 is 11.3 Å². The molecule has 7 nitrogen and oxygen atoms in total. The average molecular weight is 512 g/mol. The molecular weight excluding hydrogens is 486 g/mol. The molecule has 0 bridgehead atoms. The van der Waals surface area contributed by atoms with Crippen molar-refractivity contribution in [1.29, 1.82) is 0 Å². The number of hydrogen-bond donors (Lipinski definition) is 4. The number of aromatic nitrogens is 2. The summed E-state index contributed by atoms with van der Waals surface area (Å²) in [6.45, 7) is 2.72. The van der Waals surface area contributed by atoms with Gasteiger partial charge >= 0.3 is 6.18 Å². The van der Waals surface area contributed by atoms with Crippen molar-refractivity contribution < 1.29 is 27.5 Å². The second-order valence-electron chi connectivity index (χ2n) is 8.85. The predicted molar refractivity (Wildman–Crippen MR) is 127 cm³/mol. The zero-order valence-corrected chi connectivity index (χ0v) is 19.8. The molecule has 1 aromatic carbocycles. The van der Waals surface area contributed by atoms with Gasteiger partial charge in [-0.3, -0.25) is 4.79 Å². The fourth-order valence-corrected chi connectivity index (χ4v) is 4.55. The van der Waals surface area contributed by atoms with E-state index in [2.05, 4.69) is 25.9 Å². The third-order valence-corrected chi connectivity index (χ3v) is 6.56. The highest BCUT2D eigenvalue weighted by atomic mass is 32.1. The van der Waals surface area contributed by atoms with Crippen LogP contribution in [0.4, 0.5) is 34.8 Å². The molecule has 35 heavy (non-hydrogen) atoms. The third-order valence-electron chi connectivity index (χ3n) is 5.77. The fourth-order valence-electron chi connectivity index (χ4n) is 3.84. The summed E-state index contributed by atoms with van der Waals surface area (Å²) in [6, 6.07) is 7.12. The number of aliphatic hydroxyl groups is 1. The summed E-state index contributed by atoms with van der Waals surface area (Å²) < 4.78 is 55.7. The Balaban J connectivity index is 1.50. The Hall–Kier alpha value is -2.99. The molecular formula is C23H25F4N5O2S. The summed E-state index contributed by atoms with van der Waals surface area (Å²) in [4.78, 5) is 21.2. The number of carbonyl (C=O) groups excluding carboxylic acids is 1. The maximum Gasteiger partial charge on any atom is 0.420 e. The van der Waals surface area contributed by atoms with Gasteiger partial charge in [0.15, 0.2) is 11.8 Å². The van der Waals surface area contributed by atoms with Gasteiger partial charge in [0.05, 0.1) is 33.5 Å². The number of amides is 1. The smallest absolute Gasteiger partial charge is 0.382 e. The number of nitrogens with zero attached hydrogens (tertiary/aromatic N) is 2. The summed E-state index contributed by atoms with van der Waals surface area (Å²) >= 11 is 1.49. The maximum absolute atomic E-state index is 14.6. The number of rotatable bonds is 9. The lowest BCUT2D eigenvalue weighted by molar-refractivity contribution is -0.288. The molecule has 1 aliphatic rings. The molecule has 1 saturated carbocycles. The second kappa shape index (κ2) is 9.57. The lowest BCUT2D eigenvalue weighted by atomic mass is 9.91. The van der Waals surface area contributed by atoms with Crippen LogP contribution in [0.15, 0.2) is 36.0 Å². The Bertz CT molecular complexity index is 1210. The lowest BCUT2D eigenvalue weighted by Crippen LogP contribution is -2.57. The topological polar surface area (TPSA) is 99.2 Å². The zero-order valence-electron chi connectivity index (χ0n) is 19.0.